The average Bonchev–Trinajstić information content (AvgIpc) is 2.83. The minimum absolute atomic E-state index is 0.203. The van der Waals surface area contributed by atoms with Crippen LogP contribution in [-0.4, -0.2) is 35.7 Å². The fourth-order valence-corrected chi connectivity index (χ4v) is 4.73. The summed E-state index contributed by atoms with van der Waals surface area (Å²) >= 11 is 0. The number of aliphatic hydroxyl groups is 1. The highest BCUT2D eigenvalue weighted by atomic mass is 19.4. The van der Waals surface area contributed by atoms with Gasteiger partial charge in [-0.15, -0.1) is 0 Å². The molecule has 3 aromatic rings. The Morgan fingerprint density at radius 2 is 1.75 bits per heavy atom. The summed E-state index contributed by atoms with van der Waals surface area (Å²) in [5, 5.41) is 22.3. The van der Waals surface area contributed by atoms with E-state index in [9.17, 15) is 27.8 Å². The van der Waals surface area contributed by atoms with E-state index in [0.29, 0.717) is 6.54 Å². The summed E-state index contributed by atoms with van der Waals surface area (Å²) < 4.78 is 50.4. The van der Waals surface area contributed by atoms with Crippen molar-refractivity contribution in [1.82, 2.24) is 5.32 Å². The molecule has 4 rings (SSSR count). The molecule has 0 spiro atoms. The Labute approximate surface area is 207 Å². The number of nitrogens with one attached hydrogen (secondary N) is 1. The van der Waals surface area contributed by atoms with E-state index < -0.39 is 24.4 Å². The molecule has 0 radical (unpaired) electrons. The summed E-state index contributed by atoms with van der Waals surface area (Å²) in [6.45, 7) is 2.38. The predicted octanol–water partition coefficient (Wildman–Crippen LogP) is 5.73. The molecule has 0 fully saturated rings. The van der Waals surface area contributed by atoms with Crippen LogP contribution in [0.3, 0.4) is 0 Å². The number of alkyl halides is 3. The minimum atomic E-state index is -4.28. The van der Waals surface area contributed by atoms with Gasteiger partial charge in [0.15, 0.2) is 0 Å². The van der Waals surface area contributed by atoms with E-state index in [2.05, 4.69) is 17.1 Å². The van der Waals surface area contributed by atoms with Gasteiger partial charge in [0.05, 0.1) is 12.0 Å². The zero-order valence-electron chi connectivity index (χ0n) is 19.8. The number of aromatic hydroxyl groups is 1. The first kappa shape index (κ1) is 25.7. The van der Waals surface area contributed by atoms with Crippen molar-refractivity contribution in [2.24, 2.45) is 0 Å². The Bertz CT molecular complexity index is 1210. The van der Waals surface area contributed by atoms with Crippen LogP contribution in [-0.2, 0) is 12.0 Å². The number of benzene rings is 3. The molecule has 1 aliphatic heterocycles. The van der Waals surface area contributed by atoms with Crippen LogP contribution in [0.2, 0.25) is 0 Å². The molecular formula is C28H28F4N2O2. The van der Waals surface area contributed by atoms with Gasteiger partial charge in [-0.25, -0.2) is 4.39 Å². The lowest BCUT2D eigenvalue weighted by atomic mass is 9.76. The Morgan fingerprint density at radius 1 is 1.06 bits per heavy atom. The molecule has 8 heteroatoms. The molecule has 36 heavy (non-hydrogen) atoms. The standard InChI is InChI=1S/C28H28F4N2O2/c1-27(21-5-2-19(3-6-21)4-13-26(36)33-16-15-28(30,31)32)25-12-11-24(35)18-20(25)14-17-34(27)23-9-7-22(29)8-10-23/h2-13,18,26,33,35-36H,14-17H2,1H3. The van der Waals surface area contributed by atoms with Crippen molar-refractivity contribution in [2.75, 3.05) is 18.0 Å². The van der Waals surface area contributed by atoms with E-state index in [4.69, 9.17) is 0 Å². The topological polar surface area (TPSA) is 55.7 Å². The lowest BCUT2D eigenvalue weighted by Gasteiger charge is -2.48. The Morgan fingerprint density at radius 3 is 2.42 bits per heavy atom. The van der Waals surface area contributed by atoms with E-state index in [0.717, 1.165) is 34.4 Å². The lowest BCUT2D eigenvalue weighted by molar-refractivity contribution is -0.134. The van der Waals surface area contributed by atoms with E-state index in [1.807, 2.05) is 30.3 Å². The fourth-order valence-electron chi connectivity index (χ4n) is 4.73. The Balaban J connectivity index is 1.60. The number of fused-ring (bicyclic) bond motifs is 1. The Hall–Kier alpha value is -3.36. The largest absolute Gasteiger partial charge is 0.508 e. The van der Waals surface area contributed by atoms with Gasteiger partial charge in [-0.2, -0.15) is 13.2 Å². The van der Waals surface area contributed by atoms with Gasteiger partial charge in [-0.05, 0) is 78.1 Å². The molecular weight excluding hydrogens is 472 g/mol. The second-order valence-corrected chi connectivity index (χ2v) is 9.04. The first-order valence-corrected chi connectivity index (χ1v) is 11.7. The highest BCUT2D eigenvalue weighted by Crippen LogP contribution is 2.44. The number of nitrogens with zero attached hydrogens (tertiary/aromatic N) is 1. The third-order valence-electron chi connectivity index (χ3n) is 6.60. The third-order valence-corrected chi connectivity index (χ3v) is 6.60. The Kier molecular flexibility index (Phi) is 7.38. The summed E-state index contributed by atoms with van der Waals surface area (Å²) in [6.07, 6.45) is -2.73. The summed E-state index contributed by atoms with van der Waals surface area (Å²) in [4.78, 5) is 2.21. The molecule has 1 heterocycles. The first-order valence-electron chi connectivity index (χ1n) is 11.7. The minimum Gasteiger partial charge on any atom is -0.508 e. The first-order chi connectivity index (χ1) is 17.1. The molecule has 0 aromatic heterocycles. The van der Waals surface area contributed by atoms with Crippen LogP contribution < -0.4 is 10.2 Å². The van der Waals surface area contributed by atoms with Gasteiger partial charge in [0, 0.05) is 18.8 Å². The molecule has 0 bridgehead atoms. The maximum absolute atomic E-state index is 13.6. The molecule has 2 unspecified atom stereocenters. The normalized spacial score (nSPS) is 18.9. The predicted molar refractivity (Wildman–Crippen MR) is 132 cm³/mol. The highest BCUT2D eigenvalue weighted by molar-refractivity contribution is 5.61. The van der Waals surface area contributed by atoms with Gasteiger partial charge in [0.1, 0.15) is 17.8 Å². The van der Waals surface area contributed by atoms with Crippen LogP contribution in [0.15, 0.2) is 72.8 Å². The molecule has 1 aliphatic rings. The van der Waals surface area contributed by atoms with Gasteiger partial charge in [0.2, 0.25) is 0 Å². The summed E-state index contributed by atoms with van der Waals surface area (Å²) in [7, 11) is 0. The molecule has 2 atom stereocenters. The number of aliphatic hydroxyl groups excluding tert-OH is 1. The maximum Gasteiger partial charge on any atom is 0.390 e. The number of hydrogen-bond acceptors (Lipinski definition) is 4. The zero-order valence-corrected chi connectivity index (χ0v) is 19.8. The van der Waals surface area contributed by atoms with E-state index in [1.54, 1.807) is 30.3 Å². The van der Waals surface area contributed by atoms with Gasteiger partial charge < -0.3 is 15.1 Å². The average molecular weight is 501 g/mol. The van der Waals surface area contributed by atoms with Crippen LogP contribution in [0, 0.1) is 5.82 Å². The number of halogens is 4. The fraction of sp³-hybridized carbons (Fsp3) is 0.286. The van der Waals surface area contributed by atoms with Crippen LogP contribution in [0.5, 0.6) is 5.75 Å². The van der Waals surface area contributed by atoms with Crippen LogP contribution >= 0.6 is 0 Å². The molecule has 0 saturated carbocycles. The maximum atomic E-state index is 13.6. The zero-order chi connectivity index (χ0) is 25.9. The summed E-state index contributed by atoms with van der Waals surface area (Å²) in [6, 6.07) is 19.4. The van der Waals surface area contributed by atoms with Gasteiger partial charge in [-0.1, -0.05) is 36.4 Å². The molecule has 190 valence electrons. The van der Waals surface area contributed by atoms with Crippen LogP contribution in [0.1, 0.15) is 35.6 Å². The highest BCUT2D eigenvalue weighted by Gasteiger charge is 2.40. The van der Waals surface area contributed by atoms with Crippen molar-refractivity contribution in [1.29, 1.82) is 0 Å². The van der Waals surface area contributed by atoms with E-state index >= 15 is 0 Å². The van der Waals surface area contributed by atoms with Gasteiger partial charge in [-0.3, -0.25) is 5.32 Å². The molecule has 3 N–H and O–H groups in total. The van der Waals surface area contributed by atoms with Crippen molar-refractivity contribution in [2.45, 2.75) is 37.7 Å². The second-order valence-electron chi connectivity index (χ2n) is 9.04. The lowest BCUT2D eigenvalue weighted by Crippen LogP contribution is -2.49. The molecule has 0 aliphatic carbocycles. The SMILES string of the molecule is CC1(c2ccc(C=CC(O)NCCC(F)(F)F)cc2)c2ccc(O)cc2CCN1c1ccc(F)cc1. The molecule has 0 amide bonds. The van der Waals surface area contributed by atoms with Crippen molar-refractivity contribution >= 4 is 11.8 Å². The number of hydrogen-bond donors (Lipinski definition) is 3. The second kappa shape index (κ2) is 10.3. The number of rotatable bonds is 7. The number of anilines is 1. The number of phenolic OH excluding ortho intramolecular Hbond substituents is 1. The van der Waals surface area contributed by atoms with Gasteiger partial charge in [0.25, 0.3) is 0 Å². The van der Waals surface area contributed by atoms with Crippen LogP contribution in [0.4, 0.5) is 23.2 Å². The van der Waals surface area contributed by atoms with Crippen LogP contribution in [0.25, 0.3) is 6.08 Å². The van der Waals surface area contributed by atoms with Gasteiger partial charge >= 0.3 is 6.18 Å². The monoisotopic (exact) mass is 500 g/mol. The number of phenols is 1. The van der Waals surface area contributed by atoms with Crippen molar-refractivity contribution in [3.63, 3.8) is 0 Å². The van der Waals surface area contributed by atoms with Crippen molar-refractivity contribution < 1.29 is 27.8 Å². The summed E-state index contributed by atoms with van der Waals surface area (Å²) in [5.41, 5.74) is 4.07. The van der Waals surface area contributed by atoms with E-state index in [-0.39, 0.29) is 18.1 Å². The van der Waals surface area contributed by atoms with Crippen molar-refractivity contribution in [3.8, 4) is 5.75 Å². The van der Waals surface area contributed by atoms with Crippen molar-refractivity contribution in [3.05, 3.63) is 101 Å². The molecule has 0 saturated heterocycles. The molecule has 3 aromatic carbocycles. The quantitative estimate of drug-likeness (QED) is 0.287. The third kappa shape index (κ3) is 5.71. The molecule has 4 nitrogen and oxygen atoms in total. The van der Waals surface area contributed by atoms with E-state index in [1.165, 1.54) is 18.2 Å². The summed E-state index contributed by atoms with van der Waals surface area (Å²) in [5.74, 6) is -0.108. The smallest absolute Gasteiger partial charge is 0.390 e.